The van der Waals surface area contributed by atoms with Crippen molar-refractivity contribution in [3.05, 3.63) is 130 Å². The molecule has 6 aliphatic heterocycles. The van der Waals surface area contributed by atoms with Crippen LogP contribution < -0.4 is 0 Å². The second-order valence-electron chi connectivity index (χ2n) is 17.4. The van der Waals surface area contributed by atoms with Crippen LogP contribution in [0.2, 0.25) is 0 Å². The lowest BCUT2D eigenvalue weighted by molar-refractivity contribution is -0.137. The Kier molecular flexibility index (Phi) is 9.01. The lowest BCUT2D eigenvalue weighted by atomic mass is 9.95. The molecule has 0 aliphatic carbocycles. The van der Waals surface area contributed by atoms with Gasteiger partial charge in [0, 0.05) is 44.9 Å². The molecule has 4 saturated heterocycles. The van der Waals surface area contributed by atoms with Gasteiger partial charge in [-0.05, 0) is 86.9 Å². The van der Waals surface area contributed by atoms with E-state index in [2.05, 4.69) is 28.2 Å². The van der Waals surface area contributed by atoms with Gasteiger partial charge in [-0.2, -0.15) is 0 Å². The van der Waals surface area contributed by atoms with Crippen molar-refractivity contribution >= 4 is 80.8 Å². The van der Waals surface area contributed by atoms with Crippen molar-refractivity contribution in [2.45, 2.75) is 79.9 Å². The molecule has 12 rings (SSSR count). The summed E-state index contributed by atoms with van der Waals surface area (Å²) in [5.41, 5.74) is 6.95. The van der Waals surface area contributed by atoms with Gasteiger partial charge in [0.25, 0.3) is 23.6 Å². The van der Waals surface area contributed by atoms with Crippen molar-refractivity contribution < 1.29 is 28.8 Å². The van der Waals surface area contributed by atoms with Gasteiger partial charge in [0.2, 0.25) is 11.8 Å². The van der Waals surface area contributed by atoms with Crippen molar-refractivity contribution in [3.63, 3.8) is 0 Å². The van der Waals surface area contributed by atoms with Gasteiger partial charge in [-0.15, -0.1) is 23.5 Å². The monoisotopic (exact) mass is 874 g/mol. The van der Waals surface area contributed by atoms with E-state index in [0.29, 0.717) is 65.9 Å². The number of rotatable bonds is 6. The Morgan fingerprint density at radius 1 is 0.492 bits per heavy atom. The molecule has 0 saturated carbocycles. The van der Waals surface area contributed by atoms with Crippen LogP contribution in [0.15, 0.2) is 97.1 Å². The Hall–Kier alpha value is -6.12. The van der Waals surface area contributed by atoms with Crippen LogP contribution in [0.5, 0.6) is 0 Å². The number of thioether (sulfide) groups is 2. The van der Waals surface area contributed by atoms with Gasteiger partial charge in [-0.1, -0.05) is 60.7 Å². The maximum Gasteiger partial charge on any atom is 0.262 e. The van der Waals surface area contributed by atoms with Crippen molar-refractivity contribution in [2.75, 3.05) is 11.5 Å². The summed E-state index contributed by atoms with van der Waals surface area (Å²) < 4.78 is 0. The van der Waals surface area contributed by atoms with E-state index < -0.39 is 35.7 Å². The summed E-state index contributed by atoms with van der Waals surface area (Å²) in [7, 11) is 0. The van der Waals surface area contributed by atoms with E-state index in [1.165, 1.54) is 9.80 Å². The van der Waals surface area contributed by atoms with E-state index in [4.69, 9.17) is 0 Å². The van der Waals surface area contributed by atoms with Crippen LogP contribution in [0, 0.1) is 0 Å². The number of nitrogens with one attached hydrogen (secondary N) is 2. The molecule has 6 aromatic rings. The average Bonchev–Trinajstić information content (AvgIpc) is 4.13. The zero-order valence-electron chi connectivity index (χ0n) is 34.1. The number of amides is 6. The summed E-state index contributed by atoms with van der Waals surface area (Å²) in [5.74, 6) is -0.720. The summed E-state index contributed by atoms with van der Waals surface area (Å²) >= 11 is 3.51. The number of nitrogens with zero attached hydrogens (tertiary/aromatic N) is 4. The zero-order valence-corrected chi connectivity index (χ0v) is 35.8. The lowest BCUT2D eigenvalue weighted by Gasteiger charge is -2.33. The molecule has 6 aliphatic rings. The smallest absolute Gasteiger partial charge is 0.262 e. The van der Waals surface area contributed by atoms with Crippen LogP contribution in [0.25, 0.3) is 33.2 Å². The number of hydrogen-bond donors (Lipinski definition) is 2. The second-order valence-corrected chi connectivity index (χ2v) is 19.8. The molecule has 2 aromatic heterocycles. The molecule has 4 fully saturated rings. The van der Waals surface area contributed by atoms with E-state index in [-0.39, 0.29) is 34.6 Å². The van der Waals surface area contributed by atoms with Crippen LogP contribution in [-0.4, -0.2) is 105 Å². The first-order valence-electron chi connectivity index (χ1n) is 21.8. The summed E-state index contributed by atoms with van der Waals surface area (Å²) in [6.07, 6.45) is 4.27. The fourth-order valence-corrected chi connectivity index (χ4v) is 14.2. The number of fused-ring (bicyclic) bond motifs is 6. The Bertz CT molecular complexity index is 2910. The molecule has 8 heterocycles. The Morgan fingerprint density at radius 3 is 1.54 bits per heavy atom. The number of para-hydroxylation sites is 2. The van der Waals surface area contributed by atoms with Crippen LogP contribution in [-0.2, 0) is 16.0 Å². The van der Waals surface area contributed by atoms with Crippen molar-refractivity contribution in [1.82, 2.24) is 29.6 Å². The topological polar surface area (TPSA) is 147 Å². The molecule has 2 unspecified atom stereocenters. The maximum atomic E-state index is 15.1. The molecule has 0 radical (unpaired) electrons. The molecule has 12 nitrogen and oxygen atoms in total. The first-order chi connectivity index (χ1) is 30.8. The molecular weight excluding hydrogens is 833 g/mol. The number of carbonyl (C=O) groups excluding carboxylic acids is 6. The van der Waals surface area contributed by atoms with Crippen LogP contribution in [0.1, 0.15) is 97.1 Å². The molecule has 63 heavy (non-hydrogen) atoms. The third kappa shape index (κ3) is 5.76. The second kappa shape index (κ2) is 14.7. The van der Waals surface area contributed by atoms with E-state index in [9.17, 15) is 24.0 Å². The number of aromatic amines is 2. The Morgan fingerprint density at radius 2 is 0.952 bits per heavy atom. The van der Waals surface area contributed by atoms with Crippen molar-refractivity contribution in [3.8, 4) is 11.4 Å². The highest BCUT2D eigenvalue weighted by molar-refractivity contribution is 8.00. The first-order valence-corrected chi connectivity index (χ1v) is 23.9. The van der Waals surface area contributed by atoms with E-state index >= 15 is 4.79 Å². The standard InChI is InChI=1S/C49H42N6O6S2/c56-44-28-12-1-2-13-29(28)45(57)54(44)36-19-9-21-39-52(48(36)60)26(24-62-39)23-33-27-11-5-7-17-34(27)50-42(33)43-41(32-16-6-8-18-35(32)51-43)38-25-63-40-22-10-20-37(49(61)53(38)40)55-46(58)30-14-3-4-15-31(30)47(55)59/h1-8,11-18,26,36-40,50-51H,9-10,19-25H2/t26?,36-,37-,38?,39+,40+/m0/s1. The summed E-state index contributed by atoms with van der Waals surface area (Å²) in [4.78, 5) is 98.8. The Labute approximate surface area is 370 Å². The van der Waals surface area contributed by atoms with Gasteiger partial charge in [-0.3, -0.25) is 38.6 Å². The lowest BCUT2D eigenvalue weighted by Crippen LogP contribution is -2.53. The number of benzene rings is 4. The van der Waals surface area contributed by atoms with E-state index in [1.807, 2.05) is 40.1 Å². The number of imide groups is 2. The van der Waals surface area contributed by atoms with Gasteiger partial charge in [0.15, 0.2) is 0 Å². The van der Waals surface area contributed by atoms with E-state index in [1.54, 1.807) is 72.1 Å². The number of aromatic nitrogens is 2. The van der Waals surface area contributed by atoms with Crippen LogP contribution in [0.3, 0.4) is 0 Å². The molecule has 4 aromatic carbocycles. The van der Waals surface area contributed by atoms with Gasteiger partial charge in [0.1, 0.15) is 12.1 Å². The first kappa shape index (κ1) is 38.5. The fourth-order valence-electron chi connectivity index (χ4n) is 11.2. The van der Waals surface area contributed by atoms with Crippen LogP contribution >= 0.6 is 23.5 Å². The third-order valence-corrected chi connectivity index (χ3v) is 16.9. The SMILES string of the molecule is O=C1c2ccccc2C(=O)N1[C@H]1CCC[C@H]2SCC(Cc3c(-c4[nH]c5ccccc5c4C4CS[C@@H]5CCC[C@H](N6C(=O)c7ccccc7C6=O)C(=O)N45)[nH]c4ccccc34)N2C1=O. The highest BCUT2D eigenvalue weighted by atomic mass is 32.2. The van der Waals surface area contributed by atoms with Gasteiger partial charge in [0.05, 0.1) is 50.4 Å². The van der Waals surface area contributed by atoms with Gasteiger partial charge < -0.3 is 19.8 Å². The number of hydrogen-bond acceptors (Lipinski definition) is 8. The maximum absolute atomic E-state index is 15.1. The molecule has 2 N–H and O–H groups in total. The molecule has 6 amide bonds. The normalized spacial score (nSPS) is 25.9. The fraction of sp³-hybridized carbons (Fsp3) is 0.306. The minimum absolute atomic E-state index is 0.0726. The predicted molar refractivity (Wildman–Crippen MR) is 241 cm³/mol. The number of carbonyl (C=O) groups is 6. The minimum atomic E-state index is -0.913. The highest BCUT2D eigenvalue weighted by Crippen LogP contribution is 2.50. The largest absolute Gasteiger partial charge is 0.353 e. The molecule has 0 spiro atoms. The predicted octanol–water partition coefficient (Wildman–Crippen LogP) is 7.77. The molecule has 0 bridgehead atoms. The third-order valence-electron chi connectivity index (χ3n) is 14.1. The van der Waals surface area contributed by atoms with Gasteiger partial charge in [-0.25, -0.2) is 0 Å². The molecule has 316 valence electrons. The van der Waals surface area contributed by atoms with Crippen molar-refractivity contribution in [2.24, 2.45) is 0 Å². The zero-order chi connectivity index (χ0) is 42.7. The van der Waals surface area contributed by atoms with Crippen LogP contribution in [0.4, 0.5) is 0 Å². The van der Waals surface area contributed by atoms with Gasteiger partial charge >= 0.3 is 0 Å². The molecule has 6 atom stereocenters. The summed E-state index contributed by atoms with van der Waals surface area (Å²) in [6, 6.07) is 27.5. The summed E-state index contributed by atoms with van der Waals surface area (Å²) in [6.45, 7) is 0. The quantitative estimate of drug-likeness (QED) is 0.162. The minimum Gasteiger partial charge on any atom is -0.353 e. The average molecular weight is 875 g/mol. The van der Waals surface area contributed by atoms with E-state index in [0.717, 1.165) is 57.2 Å². The highest BCUT2D eigenvalue weighted by Gasteiger charge is 2.52. The number of H-pyrrole nitrogens is 2. The summed E-state index contributed by atoms with van der Waals surface area (Å²) in [5, 5.41) is 1.82. The Balaban J connectivity index is 0.925. The van der Waals surface area contributed by atoms with Crippen molar-refractivity contribution in [1.29, 1.82) is 0 Å². The molecular formula is C49H42N6O6S2. The molecule has 14 heteroatoms.